The average molecular weight is 562 g/mol. The van der Waals surface area contributed by atoms with Crippen molar-refractivity contribution in [3.63, 3.8) is 0 Å². The molecule has 0 bridgehead atoms. The van der Waals surface area contributed by atoms with Crippen LogP contribution in [0.5, 0.6) is 0 Å². The third-order valence-electron chi connectivity index (χ3n) is 9.31. The van der Waals surface area contributed by atoms with Crippen molar-refractivity contribution >= 4 is 71.5 Å². The Hall–Kier alpha value is -5.85. The van der Waals surface area contributed by atoms with Gasteiger partial charge in [0.15, 0.2) is 0 Å². The first-order valence-electron chi connectivity index (χ1n) is 15.1. The van der Waals surface area contributed by atoms with Crippen LogP contribution < -0.4 is 9.80 Å². The molecule has 1 aliphatic heterocycles. The van der Waals surface area contributed by atoms with E-state index in [9.17, 15) is 5.26 Å². The first-order valence-corrected chi connectivity index (χ1v) is 15.1. The lowest BCUT2D eigenvalue weighted by atomic mass is 9.91. The topological polar surface area (TPSA) is 30.3 Å². The summed E-state index contributed by atoms with van der Waals surface area (Å²) < 4.78 is 0. The van der Waals surface area contributed by atoms with Crippen molar-refractivity contribution < 1.29 is 0 Å². The van der Waals surface area contributed by atoms with Crippen LogP contribution in [0.1, 0.15) is 11.1 Å². The maximum Gasteiger partial charge on any atom is 0.0998 e. The zero-order valence-electron chi connectivity index (χ0n) is 24.0. The molecule has 0 aliphatic carbocycles. The standard InChI is InChI=1S/C41H27N3/c42-26-30-18-23-38(33-12-6-5-11-32(30)33)44(31-9-2-1-3-10-31)39-22-17-29-14-19-34-37(43-25-24-27-8-4-7-13-36(27)43)21-16-28-15-20-35(39)41(29)40(28)34/h1-23H,24-25H2. The number of anilines is 5. The van der Waals surface area contributed by atoms with Gasteiger partial charge in [-0.1, -0.05) is 97.1 Å². The highest BCUT2D eigenvalue weighted by molar-refractivity contribution is 6.28. The lowest BCUT2D eigenvalue weighted by Crippen LogP contribution is -2.13. The second-order valence-electron chi connectivity index (χ2n) is 11.6. The van der Waals surface area contributed by atoms with E-state index < -0.39 is 0 Å². The smallest absolute Gasteiger partial charge is 0.0998 e. The molecule has 0 spiro atoms. The van der Waals surface area contributed by atoms with Crippen LogP contribution in [-0.4, -0.2) is 6.54 Å². The Kier molecular flexibility index (Phi) is 5.39. The lowest BCUT2D eigenvalue weighted by Gasteiger charge is -2.29. The van der Waals surface area contributed by atoms with Gasteiger partial charge < -0.3 is 9.80 Å². The molecule has 0 saturated heterocycles. The molecular formula is C41H27N3. The molecule has 0 N–H and O–H groups in total. The Morgan fingerprint density at radius 3 is 2.00 bits per heavy atom. The first kappa shape index (κ1) is 24.7. The van der Waals surface area contributed by atoms with Crippen LogP contribution in [0.3, 0.4) is 0 Å². The Bertz CT molecular complexity index is 2420. The van der Waals surface area contributed by atoms with Gasteiger partial charge in [0.25, 0.3) is 0 Å². The molecule has 1 heterocycles. The van der Waals surface area contributed by atoms with E-state index in [0.717, 1.165) is 40.8 Å². The zero-order valence-corrected chi connectivity index (χ0v) is 24.0. The Balaban J connectivity index is 1.33. The highest BCUT2D eigenvalue weighted by Gasteiger charge is 2.24. The van der Waals surface area contributed by atoms with Crippen molar-refractivity contribution in [2.24, 2.45) is 0 Å². The Morgan fingerprint density at radius 1 is 0.523 bits per heavy atom. The molecule has 0 unspecified atom stereocenters. The van der Waals surface area contributed by atoms with Gasteiger partial charge in [-0.2, -0.15) is 5.26 Å². The molecule has 0 saturated carbocycles. The van der Waals surface area contributed by atoms with Crippen LogP contribution in [0.2, 0.25) is 0 Å². The van der Waals surface area contributed by atoms with Crippen molar-refractivity contribution in [3.8, 4) is 6.07 Å². The van der Waals surface area contributed by atoms with Gasteiger partial charge in [-0.3, -0.25) is 0 Å². The quantitative estimate of drug-likeness (QED) is 0.200. The summed E-state index contributed by atoms with van der Waals surface area (Å²) in [7, 11) is 0. The zero-order chi connectivity index (χ0) is 29.2. The van der Waals surface area contributed by atoms with Gasteiger partial charge >= 0.3 is 0 Å². The fraction of sp³-hybridized carbons (Fsp3) is 0.0488. The van der Waals surface area contributed by atoms with E-state index in [1.807, 2.05) is 18.2 Å². The van der Waals surface area contributed by atoms with Crippen molar-refractivity contribution in [2.45, 2.75) is 6.42 Å². The molecule has 9 rings (SSSR count). The van der Waals surface area contributed by atoms with Crippen molar-refractivity contribution in [1.82, 2.24) is 0 Å². The van der Waals surface area contributed by atoms with Crippen LogP contribution in [0, 0.1) is 11.3 Å². The molecule has 0 amide bonds. The van der Waals surface area contributed by atoms with E-state index in [2.05, 4.69) is 137 Å². The second kappa shape index (κ2) is 9.59. The van der Waals surface area contributed by atoms with Gasteiger partial charge in [0.2, 0.25) is 0 Å². The van der Waals surface area contributed by atoms with Crippen LogP contribution >= 0.6 is 0 Å². The number of hydrogen-bond acceptors (Lipinski definition) is 3. The molecule has 3 nitrogen and oxygen atoms in total. The van der Waals surface area contributed by atoms with Gasteiger partial charge in [-0.05, 0) is 76.0 Å². The number of hydrogen-bond donors (Lipinski definition) is 0. The van der Waals surface area contributed by atoms with Crippen molar-refractivity contribution in [3.05, 3.63) is 151 Å². The summed E-state index contributed by atoms with van der Waals surface area (Å²) in [6.07, 6.45) is 1.06. The normalized spacial score (nSPS) is 12.8. The van der Waals surface area contributed by atoms with Gasteiger partial charge in [0.1, 0.15) is 0 Å². The molecule has 3 heteroatoms. The summed E-state index contributed by atoms with van der Waals surface area (Å²) in [5.74, 6) is 0. The minimum absolute atomic E-state index is 0.684. The third-order valence-corrected chi connectivity index (χ3v) is 9.31. The summed E-state index contributed by atoms with van der Waals surface area (Å²) in [5, 5.41) is 19.5. The number of nitrogens with zero attached hydrogens (tertiary/aromatic N) is 3. The number of fused-ring (bicyclic) bond motifs is 2. The average Bonchev–Trinajstić information content (AvgIpc) is 3.52. The number of rotatable bonds is 4. The first-order chi connectivity index (χ1) is 21.8. The molecule has 206 valence electrons. The Labute approximate surface area is 255 Å². The monoisotopic (exact) mass is 561 g/mol. The molecule has 1 aliphatic rings. The molecular weight excluding hydrogens is 534 g/mol. The van der Waals surface area contributed by atoms with E-state index in [4.69, 9.17) is 0 Å². The minimum atomic E-state index is 0.684. The SMILES string of the molecule is N#Cc1ccc(N(c2ccccc2)c2ccc3ccc4c(N5CCc6ccccc65)ccc5ccc2c3c54)c2ccccc12. The van der Waals surface area contributed by atoms with Crippen LogP contribution in [-0.2, 0) is 6.42 Å². The lowest BCUT2D eigenvalue weighted by molar-refractivity contribution is 1.00. The van der Waals surface area contributed by atoms with Gasteiger partial charge in [-0.15, -0.1) is 0 Å². The van der Waals surface area contributed by atoms with Crippen LogP contribution in [0.25, 0.3) is 43.1 Å². The summed E-state index contributed by atoms with van der Waals surface area (Å²) in [5.41, 5.74) is 7.91. The predicted octanol–water partition coefficient (Wildman–Crippen LogP) is 10.8. The number of nitriles is 1. The predicted molar refractivity (Wildman–Crippen MR) is 184 cm³/mol. The van der Waals surface area contributed by atoms with E-state index in [1.54, 1.807) is 0 Å². The fourth-order valence-corrected chi connectivity index (χ4v) is 7.35. The molecule has 44 heavy (non-hydrogen) atoms. The molecule has 0 fully saturated rings. The second-order valence-corrected chi connectivity index (χ2v) is 11.6. The molecule has 0 radical (unpaired) electrons. The van der Waals surface area contributed by atoms with Gasteiger partial charge in [0.05, 0.1) is 23.0 Å². The maximum atomic E-state index is 9.89. The molecule has 0 atom stereocenters. The van der Waals surface area contributed by atoms with E-state index in [-0.39, 0.29) is 0 Å². The van der Waals surface area contributed by atoms with Gasteiger partial charge in [-0.25, -0.2) is 0 Å². The Morgan fingerprint density at radius 2 is 1.16 bits per heavy atom. The number of para-hydroxylation sites is 2. The van der Waals surface area contributed by atoms with E-state index >= 15 is 0 Å². The molecule has 8 aromatic rings. The number of benzene rings is 8. The summed E-state index contributed by atoms with van der Waals surface area (Å²) in [4.78, 5) is 4.84. The molecule has 8 aromatic carbocycles. The maximum absolute atomic E-state index is 9.89. The van der Waals surface area contributed by atoms with Crippen LogP contribution in [0.4, 0.5) is 28.4 Å². The largest absolute Gasteiger partial charge is 0.340 e. The van der Waals surface area contributed by atoms with Crippen molar-refractivity contribution in [2.75, 3.05) is 16.3 Å². The van der Waals surface area contributed by atoms with E-state index in [0.29, 0.717) is 5.56 Å². The van der Waals surface area contributed by atoms with Gasteiger partial charge in [0, 0.05) is 45.2 Å². The highest BCUT2D eigenvalue weighted by atomic mass is 15.2. The van der Waals surface area contributed by atoms with Crippen LogP contribution in [0.15, 0.2) is 140 Å². The fourth-order valence-electron chi connectivity index (χ4n) is 7.35. The summed E-state index contributed by atoms with van der Waals surface area (Å²) in [6, 6.07) is 52.2. The van der Waals surface area contributed by atoms with Crippen molar-refractivity contribution in [1.29, 1.82) is 5.26 Å². The summed E-state index contributed by atoms with van der Waals surface area (Å²) >= 11 is 0. The third kappa shape index (κ3) is 3.55. The summed E-state index contributed by atoms with van der Waals surface area (Å²) in [6.45, 7) is 0.988. The van der Waals surface area contributed by atoms with E-state index in [1.165, 1.54) is 49.3 Å². The highest BCUT2D eigenvalue weighted by Crippen LogP contribution is 2.48. The molecule has 0 aromatic heterocycles. The minimum Gasteiger partial charge on any atom is -0.340 e.